The van der Waals surface area contributed by atoms with Crippen LogP contribution in [0.15, 0.2) is 28.9 Å². The van der Waals surface area contributed by atoms with E-state index in [0.717, 1.165) is 21.1 Å². The fraction of sp³-hybridized carbons (Fsp3) is 0. The van der Waals surface area contributed by atoms with Gasteiger partial charge in [0.25, 0.3) is 0 Å². The molecule has 1 aromatic carbocycles. The first-order valence-electron chi connectivity index (χ1n) is 4.14. The molecule has 0 spiro atoms. The molecule has 3 nitrogen and oxygen atoms in total. The summed E-state index contributed by atoms with van der Waals surface area (Å²) in [6.07, 6.45) is 1.63. The van der Waals surface area contributed by atoms with Crippen molar-refractivity contribution < 1.29 is 9.52 Å². The zero-order chi connectivity index (χ0) is 9.71. The summed E-state index contributed by atoms with van der Waals surface area (Å²) in [7, 11) is 0. The van der Waals surface area contributed by atoms with Gasteiger partial charge >= 0.3 is 0 Å². The van der Waals surface area contributed by atoms with Gasteiger partial charge in [0.2, 0.25) is 0 Å². The molecule has 2 aromatic heterocycles. The molecule has 0 saturated carbocycles. The van der Waals surface area contributed by atoms with Gasteiger partial charge in [0, 0.05) is 15.5 Å². The largest absolute Gasteiger partial charge is 0.504 e. The molecule has 0 atom stereocenters. The monoisotopic (exact) mass is 205 g/mol. The molecule has 70 valence electrons. The van der Waals surface area contributed by atoms with Gasteiger partial charge in [0.05, 0.1) is 6.26 Å². The van der Waals surface area contributed by atoms with Crippen LogP contribution in [-0.4, -0.2) is 5.11 Å². The van der Waals surface area contributed by atoms with E-state index in [2.05, 4.69) is 0 Å². The van der Waals surface area contributed by atoms with E-state index < -0.39 is 0 Å². The number of hydrogen-bond donors (Lipinski definition) is 2. The van der Waals surface area contributed by atoms with Crippen molar-refractivity contribution in [3.63, 3.8) is 0 Å². The average molecular weight is 205 g/mol. The standard InChI is InChI=1S/C10H7NO2S/c11-10-9(12)6-3-5-1-2-13-7(5)4-8(6)14-10/h1-4,12H,11H2. The van der Waals surface area contributed by atoms with E-state index in [4.69, 9.17) is 10.2 Å². The van der Waals surface area contributed by atoms with Crippen molar-refractivity contribution in [1.29, 1.82) is 0 Å². The molecule has 0 amide bonds. The first-order valence-corrected chi connectivity index (χ1v) is 4.95. The molecule has 4 heteroatoms. The van der Waals surface area contributed by atoms with Crippen LogP contribution in [0.2, 0.25) is 0 Å². The summed E-state index contributed by atoms with van der Waals surface area (Å²) >= 11 is 1.36. The smallest absolute Gasteiger partial charge is 0.157 e. The number of nitrogen functional groups attached to an aromatic ring is 1. The van der Waals surface area contributed by atoms with Crippen LogP contribution in [0, 0.1) is 0 Å². The molecule has 0 aliphatic rings. The SMILES string of the molecule is Nc1sc2cc3occc3cc2c1O. The Hall–Kier alpha value is -1.68. The molecule has 0 saturated heterocycles. The minimum absolute atomic E-state index is 0.174. The zero-order valence-corrected chi connectivity index (χ0v) is 7.97. The van der Waals surface area contributed by atoms with E-state index in [0.29, 0.717) is 5.00 Å². The van der Waals surface area contributed by atoms with Crippen molar-refractivity contribution in [3.8, 4) is 5.75 Å². The zero-order valence-electron chi connectivity index (χ0n) is 7.15. The normalized spacial score (nSPS) is 11.4. The van der Waals surface area contributed by atoms with Crippen LogP contribution in [0.25, 0.3) is 21.1 Å². The number of thiophene rings is 1. The Labute approximate surface area is 83.4 Å². The summed E-state index contributed by atoms with van der Waals surface area (Å²) < 4.78 is 6.21. The molecule has 3 rings (SSSR count). The number of furan rings is 1. The van der Waals surface area contributed by atoms with E-state index in [9.17, 15) is 5.11 Å². The molecule has 0 fully saturated rings. The highest BCUT2D eigenvalue weighted by Gasteiger charge is 2.10. The number of nitrogens with two attached hydrogens (primary N) is 1. The molecule has 0 aliphatic carbocycles. The number of aromatic hydroxyl groups is 1. The van der Waals surface area contributed by atoms with Crippen LogP contribution in [0.1, 0.15) is 0 Å². The summed E-state index contributed by atoms with van der Waals surface area (Å²) in [4.78, 5) is 0. The Morgan fingerprint density at radius 1 is 1.36 bits per heavy atom. The molecule has 0 bridgehead atoms. The van der Waals surface area contributed by atoms with Gasteiger partial charge in [0.15, 0.2) is 5.75 Å². The highest BCUT2D eigenvalue weighted by atomic mass is 32.1. The molecule has 14 heavy (non-hydrogen) atoms. The van der Waals surface area contributed by atoms with Crippen LogP contribution in [0.3, 0.4) is 0 Å². The number of fused-ring (bicyclic) bond motifs is 2. The second kappa shape index (κ2) is 2.42. The van der Waals surface area contributed by atoms with Crippen LogP contribution in [0.5, 0.6) is 5.75 Å². The molecule has 3 aromatic rings. The Morgan fingerprint density at radius 3 is 3.07 bits per heavy atom. The molecule has 0 unspecified atom stereocenters. The third-order valence-electron chi connectivity index (χ3n) is 2.26. The number of anilines is 1. The number of benzene rings is 1. The van der Waals surface area contributed by atoms with Crippen LogP contribution < -0.4 is 5.73 Å². The summed E-state index contributed by atoms with van der Waals surface area (Å²) in [6, 6.07) is 5.64. The van der Waals surface area contributed by atoms with E-state index in [1.54, 1.807) is 6.26 Å². The molecule has 3 N–H and O–H groups in total. The van der Waals surface area contributed by atoms with Gasteiger partial charge in [-0.05, 0) is 18.2 Å². The van der Waals surface area contributed by atoms with Crippen molar-refractivity contribution in [2.75, 3.05) is 5.73 Å². The topological polar surface area (TPSA) is 59.4 Å². The van der Waals surface area contributed by atoms with Crippen LogP contribution in [-0.2, 0) is 0 Å². The first-order chi connectivity index (χ1) is 6.75. The van der Waals surface area contributed by atoms with Gasteiger partial charge in [-0.25, -0.2) is 0 Å². The minimum Gasteiger partial charge on any atom is -0.504 e. The second-order valence-corrected chi connectivity index (χ2v) is 4.21. The molecule has 2 heterocycles. The Kier molecular flexibility index (Phi) is 1.33. The quantitative estimate of drug-likeness (QED) is 0.593. The highest BCUT2D eigenvalue weighted by molar-refractivity contribution is 7.23. The summed E-state index contributed by atoms with van der Waals surface area (Å²) in [5, 5.41) is 11.9. The fourth-order valence-corrected chi connectivity index (χ4v) is 2.43. The van der Waals surface area contributed by atoms with Crippen molar-refractivity contribution in [3.05, 3.63) is 24.5 Å². The van der Waals surface area contributed by atoms with Gasteiger partial charge in [-0.15, -0.1) is 11.3 Å². The fourth-order valence-electron chi connectivity index (χ4n) is 1.56. The number of hydrogen-bond acceptors (Lipinski definition) is 4. The maximum atomic E-state index is 9.65. The van der Waals surface area contributed by atoms with E-state index in [-0.39, 0.29) is 5.75 Å². The van der Waals surface area contributed by atoms with E-state index in [1.807, 2.05) is 18.2 Å². The van der Waals surface area contributed by atoms with Crippen molar-refractivity contribution >= 4 is 37.4 Å². The van der Waals surface area contributed by atoms with Gasteiger partial charge in [-0.1, -0.05) is 0 Å². The van der Waals surface area contributed by atoms with Gasteiger partial charge in [-0.2, -0.15) is 0 Å². The Balaban J connectivity index is 2.56. The summed E-state index contributed by atoms with van der Waals surface area (Å²) in [5.74, 6) is 0.174. The number of rotatable bonds is 0. The Morgan fingerprint density at radius 2 is 2.21 bits per heavy atom. The Bertz CT molecular complexity index is 623. The second-order valence-electron chi connectivity index (χ2n) is 3.12. The van der Waals surface area contributed by atoms with Gasteiger partial charge < -0.3 is 15.3 Å². The lowest BCUT2D eigenvalue weighted by Gasteiger charge is -1.91. The van der Waals surface area contributed by atoms with E-state index in [1.165, 1.54) is 11.3 Å². The molecular formula is C10H7NO2S. The van der Waals surface area contributed by atoms with Crippen molar-refractivity contribution in [1.82, 2.24) is 0 Å². The lowest BCUT2D eigenvalue weighted by atomic mass is 10.2. The van der Waals surface area contributed by atoms with Crippen molar-refractivity contribution in [2.45, 2.75) is 0 Å². The highest BCUT2D eigenvalue weighted by Crippen LogP contribution is 2.40. The van der Waals surface area contributed by atoms with Crippen LogP contribution in [0.4, 0.5) is 5.00 Å². The van der Waals surface area contributed by atoms with E-state index >= 15 is 0 Å². The van der Waals surface area contributed by atoms with Crippen LogP contribution >= 0.6 is 11.3 Å². The average Bonchev–Trinajstić information content (AvgIpc) is 2.70. The maximum absolute atomic E-state index is 9.65. The molecule has 0 radical (unpaired) electrons. The third kappa shape index (κ3) is 0.858. The van der Waals surface area contributed by atoms with Gasteiger partial charge in [0.1, 0.15) is 10.6 Å². The van der Waals surface area contributed by atoms with Crippen molar-refractivity contribution in [2.24, 2.45) is 0 Å². The predicted molar refractivity (Wildman–Crippen MR) is 57.7 cm³/mol. The van der Waals surface area contributed by atoms with Gasteiger partial charge in [-0.3, -0.25) is 0 Å². The molecule has 0 aliphatic heterocycles. The first kappa shape index (κ1) is 7.70. The molecular weight excluding hydrogens is 198 g/mol. The third-order valence-corrected chi connectivity index (χ3v) is 3.23. The summed E-state index contributed by atoms with van der Waals surface area (Å²) in [5.41, 5.74) is 6.44. The minimum atomic E-state index is 0.174. The predicted octanol–water partition coefficient (Wildman–Crippen LogP) is 2.94. The maximum Gasteiger partial charge on any atom is 0.157 e. The lowest BCUT2D eigenvalue weighted by molar-refractivity contribution is 0.486. The summed E-state index contributed by atoms with van der Waals surface area (Å²) in [6.45, 7) is 0. The lowest BCUT2D eigenvalue weighted by Crippen LogP contribution is -1.75.